The van der Waals surface area contributed by atoms with Crippen LogP contribution in [0.4, 0.5) is 4.39 Å². The highest BCUT2D eigenvalue weighted by molar-refractivity contribution is 5.22. The molecular formula is C14H18FN3. The van der Waals surface area contributed by atoms with Crippen LogP contribution in [0.5, 0.6) is 0 Å². The van der Waals surface area contributed by atoms with Gasteiger partial charge in [-0.05, 0) is 24.1 Å². The molecule has 2 rings (SSSR count). The van der Waals surface area contributed by atoms with Crippen LogP contribution in [-0.2, 0) is 6.42 Å². The minimum absolute atomic E-state index is 0.0512. The number of nitrogens with zero attached hydrogens (tertiary/aromatic N) is 2. The van der Waals surface area contributed by atoms with E-state index in [1.165, 1.54) is 12.1 Å². The zero-order chi connectivity index (χ0) is 13.0. The molecule has 0 aliphatic heterocycles. The molecule has 0 fully saturated rings. The molecule has 0 amide bonds. The van der Waals surface area contributed by atoms with Crippen molar-refractivity contribution in [3.8, 4) is 0 Å². The molecule has 0 saturated carbocycles. The SMILES string of the molecule is CCCc1nccn1C(CN)c1cccc(F)c1. The molecule has 4 heteroatoms. The number of imidazole rings is 1. The van der Waals surface area contributed by atoms with E-state index in [1.54, 1.807) is 12.3 Å². The van der Waals surface area contributed by atoms with E-state index in [4.69, 9.17) is 5.73 Å². The Kier molecular flexibility index (Phi) is 4.10. The molecule has 2 aromatic rings. The van der Waals surface area contributed by atoms with E-state index in [1.807, 2.05) is 16.8 Å². The Balaban J connectivity index is 2.36. The van der Waals surface area contributed by atoms with Crippen molar-refractivity contribution >= 4 is 0 Å². The van der Waals surface area contributed by atoms with Crippen LogP contribution >= 0.6 is 0 Å². The van der Waals surface area contributed by atoms with Crippen LogP contribution in [0.1, 0.15) is 30.8 Å². The second-order valence-corrected chi connectivity index (χ2v) is 4.31. The van der Waals surface area contributed by atoms with Gasteiger partial charge in [-0.1, -0.05) is 19.1 Å². The highest BCUT2D eigenvalue weighted by atomic mass is 19.1. The molecule has 1 heterocycles. The van der Waals surface area contributed by atoms with E-state index in [-0.39, 0.29) is 11.9 Å². The van der Waals surface area contributed by atoms with Crippen LogP contribution in [0.25, 0.3) is 0 Å². The predicted octanol–water partition coefficient (Wildman–Crippen LogP) is 2.52. The topological polar surface area (TPSA) is 43.8 Å². The summed E-state index contributed by atoms with van der Waals surface area (Å²) in [5.74, 6) is 0.764. The molecule has 0 aliphatic rings. The smallest absolute Gasteiger partial charge is 0.123 e. The molecule has 0 saturated heterocycles. The molecule has 1 unspecified atom stereocenters. The van der Waals surface area contributed by atoms with E-state index in [0.29, 0.717) is 6.54 Å². The van der Waals surface area contributed by atoms with Gasteiger partial charge in [-0.3, -0.25) is 0 Å². The maximum atomic E-state index is 13.3. The first-order chi connectivity index (χ1) is 8.76. The lowest BCUT2D eigenvalue weighted by Crippen LogP contribution is -2.22. The van der Waals surface area contributed by atoms with Crippen LogP contribution < -0.4 is 5.73 Å². The molecular weight excluding hydrogens is 229 g/mol. The van der Waals surface area contributed by atoms with Crippen molar-refractivity contribution in [3.63, 3.8) is 0 Å². The molecule has 0 spiro atoms. The van der Waals surface area contributed by atoms with Gasteiger partial charge in [0.1, 0.15) is 11.6 Å². The van der Waals surface area contributed by atoms with E-state index in [9.17, 15) is 4.39 Å². The third kappa shape index (κ3) is 2.59. The second-order valence-electron chi connectivity index (χ2n) is 4.31. The zero-order valence-electron chi connectivity index (χ0n) is 10.5. The Bertz CT molecular complexity index is 507. The average molecular weight is 247 g/mol. The number of aryl methyl sites for hydroxylation is 1. The first kappa shape index (κ1) is 12.8. The fraction of sp³-hybridized carbons (Fsp3) is 0.357. The summed E-state index contributed by atoms with van der Waals surface area (Å²) in [7, 11) is 0. The lowest BCUT2D eigenvalue weighted by molar-refractivity contribution is 0.554. The van der Waals surface area contributed by atoms with Crippen molar-refractivity contribution in [1.82, 2.24) is 9.55 Å². The van der Waals surface area contributed by atoms with E-state index in [0.717, 1.165) is 24.2 Å². The first-order valence-corrected chi connectivity index (χ1v) is 6.23. The van der Waals surface area contributed by atoms with Crippen LogP contribution in [0.15, 0.2) is 36.7 Å². The molecule has 96 valence electrons. The van der Waals surface area contributed by atoms with Gasteiger partial charge >= 0.3 is 0 Å². The van der Waals surface area contributed by atoms with E-state index in [2.05, 4.69) is 11.9 Å². The van der Waals surface area contributed by atoms with Gasteiger partial charge in [0.15, 0.2) is 0 Å². The van der Waals surface area contributed by atoms with Crippen molar-refractivity contribution in [2.24, 2.45) is 5.73 Å². The number of benzene rings is 1. The first-order valence-electron chi connectivity index (χ1n) is 6.23. The highest BCUT2D eigenvalue weighted by Gasteiger charge is 2.15. The van der Waals surface area contributed by atoms with Crippen molar-refractivity contribution in [2.75, 3.05) is 6.54 Å². The number of nitrogens with two attached hydrogens (primary N) is 1. The number of halogens is 1. The summed E-state index contributed by atoms with van der Waals surface area (Å²) in [6.07, 6.45) is 5.61. The normalized spacial score (nSPS) is 12.6. The summed E-state index contributed by atoms with van der Waals surface area (Å²) in [5.41, 5.74) is 6.72. The molecule has 18 heavy (non-hydrogen) atoms. The molecule has 1 atom stereocenters. The molecule has 3 nitrogen and oxygen atoms in total. The largest absolute Gasteiger partial charge is 0.328 e. The van der Waals surface area contributed by atoms with Crippen molar-refractivity contribution in [1.29, 1.82) is 0 Å². The summed E-state index contributed by atoms with van der Waals surface area (Å²) in [6.45, 7) is 2.54. The molecule has 0 bridgehead atoms. The number of hydrogen-bond donors (Lipinski definition) is 1. The minimum atomic E-state index is -0.233. The van der Waals surface area contributed by atoms with Crippen molar-refractivity contribution in [3.05, 3.63) is 53.9 Å². The fourth-order valence-electron chi connectivity index (χ4n) is 2.17. The van der Waals surface area contributed by atoms with Crippen molar-refractivity contribution < 1.29 is 4.39 Å². The molecule has 0 radical (unpaired) electrons. The van der Waals surface area contributed by atoms with Crippen LogP contribution in [0.3, 0.4) is 0 Å². The summed E-state index contributed by atoms with van der Waals surface area (Å²) in [6, 6.07) is 6.54. The molecule has 2 N–H and O–H groups in total. The Morgan fingerprint density at radius 1 is 1.44 bits per heavy atom. The Morgan fingerprint density at radius 2 is 2.28 bits per heavy atom. The van der Waals surface area contributed by atoms with Gasteiger partial charge in [-0.15, -0.1) is 0 Å². The lowest BCUT2D eigenvalue weighted by atomic mass is 10.1. The van der Waals surface area contributed by atoms with Crippen LogP contribution in [0.2, 0.25) is 0 Å². The van der Waals surface area contributed by atoms with Gasteiger partial charge in [0, 0.05) is 25.4 Å². The van der Waals surface area contributed by atoms with E-state index < -0.39 is 0 Å². The second kappa shape index (κ2) is 5.78. The van der Waals surface area contributed by atoms with Crippen LogP contribution in [0, 0.1) is 5.82 Å². The predicted molar refractivity (Wildman–Crippen MR) is 69.8 cm³/mol. The summed E-state index contributed by atoms with van der Waals surface area (Å²) < 4.78 is 15.3. The minimum Gasteiger partial charge on any atom is -0.328 e. The summed E-state index contributed by atoms with van der Waals surface area (Å²) in [5, 5.41) is 0. The summed E-state index contributed by atoms with van der Waals surface area (Å²) in [4.78, 5) is 4.34. The summed E-state index contributed by atoms with van der Waals surface area (Å²) >= 11 is 0. The van der Waals surface area contributed by atoms with Gasteiger partial charge in [0.05, 0.1) is 6.04 Å². The lowest BCUT2D eigenvalue weighted by Gasteiger charge is -2.19. The Labute approximate surface area is 106 Å². The maximum Gasteiger partial charge on any atom is 0.123 e. The number of hydrogen-bond acceptors (Lipinski definition) is 2. The third-order valence-corrected chi connectivity index (χ3v) is 3.01. The maximum absolute atomic E-state index is 13.3. The quantitative estimate of drug-likeness (QED) is 0.882. The average Bonchev–Trinajstić information content (AvgIpc) is 2.79. The number of aromatic nitrogens is 2. The fourth-order valence-corrected chi connectivity index (χ4v) is 2.17. The van der Waals surface area contributed by atoms with Gasteiger partial charge in [0.25, 0.3) is 0 Å². The third-order valence-electron chi connectivity index (χ3n) is 3.01. The molecule has 1 aromatic heterocycles. The van der Waals surface area contributed by atoms with Gasteiger partial charge in [-0.2, -0.15) is 0 Å². The Morgan fingerprint density at radius 3 is 2.94 bits per heavy atom. The van der Waals surface area contributed by atoms with Gasteiger partial charge < -0.3 is 10.3 Å². The van der Waals surface area contributed by atoms with Crippen molar-refractivity contribution in [2.45, 2.75) is 25.8 Å². The van der Waals surface area contributed by atoms with E-state index >= 15 is 0 Å². The molecule has 1 aromatic carbocycles. The van der Waals surface area contributed by atoms with Crippen LogP contribution in [-0.4, -0.2) is 16.1 Å². The standard InChI is InChI=1S/C14H18FN3/c1-2-4-14-17-7-8-18(14)13(10-16)11-5-3-6-12(15)9-11/h3,5-9,13H,2,4,10,16H2,1H3. The highest BCUT2D eigenvalue weighted by Crippen LogP contribution is 2.20. The number of rotatable bonds is 5. The van der Waals surface area contributed by atoms with Gasteiger partial charge in [0.2, 0.25) is 0 Å². The van der Waals surface area contributed by atoms with Gasteiger partial charge in [-0.25, -0.2) is 9.37 Å². The monoisotopic (exact) mass is 247 g/mol. The Hall–Kier alpha value is -1.68. The zero-order valence-corrected chi connectivity index (χ0v) is 10.5. The molecule has 0 aliphatic carbocycles.